The molecule has 0 aliphatic rings. The van der Waals surface area contributed by atoms with E-state index in [2.05, 4.69) is 5.32 Å². The molecule has 2 N–H and O–H groups in total. The van der Waals surface area contributed by atoms with E-state index in [4.69, 9.17) is 5.11 Å². The minimum absolute atomic E-state index is 0.156. The van der Waals surface area contributed by atoms with Crippen LogP contribution in [-0.2, 0) is 6.54 Å². The molecule has 2 aromatic carbocycles. The monoisotopic (exact) mass is 281 g/mol. The SMILES string of the molecule is O=C(O)c1ccc(NCc2ccc(F)c(F)c2)cc1F. The van der Waals surface area contributed by atoms with E-state index in [9.17, 15) is 18.0 Å². The van der Waals surface area contributed by atoms with E-state index < -0.39 is 29.0 Å². The highest BCUT2D eigenvalue weighted by Crippen LogP contribution is 2.16. The molecule has 0 aromatic heterocycles. The van der Waals surface area contributed by atoms with E-state index in [0.29, 0.717) is 11.3 Å². The van der Waals surface area contributed by atoms with Gasteiger partial charge < -0.3 is 10.4 Å². The highest BCUT2D eigenvalue weighted by atomic mass is 19.2. The summed E-state index contributed by atoms with van der Waals surface area (Å²) in [4.78, 5) is 10.6. The van der Waals surface area contributed by atoms with E-state index >= 15 is 0 Å². The van der Waals surface area contributed by atoms with Crippen LogP contribution in [0.4, 0.5) is 18.9 Å². The predicted molar refractivity (Wildman–Crippen MR) is 67.0 cm³/mol. The molecule has 0 bridgehead atoms. The number of halogens is 3. The van der Waals surface area contributed by atoms with Crippen molar-refractivity contribution in [2.24, 2.45) is 0 Å². The zero-order chi connectivity index (χ0) is 14.7. The van der Waals surface area contributed by atoms with Crippen LogP contribution < -0.4 is 5.32 Å². The zero-order valence-electron chi connectivity index (χ0n) is 10.2. The first-order chi connectivity index (χ1) is 9.47. The van der Waals surface area contributed by atoms with Gasteiger partial charge in [-0.05, 0) is 35.9 Å². The first kappa shape index (κ1) is 13.9. The Bertz CT molecular complexity index is 659. The van der Waals surface area contributed by atoms with Crippen molar-refractivity contribution in [3.8, 4) is 0 Å². The van der Waals surface area contributed by atoms with E-state index in [1.807, 2.05) is 0 Å². The quantitative estimate of drug-likeness (QED) is 0.902. The number of hydrogen-bond donors (Lipinski definition) is 2. The van der Waals surface area contributed by atoms with Crippen molar-refractivity contribution < 1.29 is 23.1 Å². The first-order valence-electron chi connectivity index (χ1n) is 5.68. The largest absolute Gasteiger partial charge is 0.478 e. The van der Waals surface area contributed by atoms with Crippen LogP contribution in [0.1, 0.15) is 15.9 Å². The smallest absolute Gasteiger partial charge is 0.338 e. The Morgan fingerprint density at radius 1 is 1.00 bits per heavy atom. The lowest BCUT2D eigenvalue weighted by atomic mass is 10.1. The zero-order valence-corrected chi connectivity index (χ0v) is 10.2. The lowest BCUT2D eigenvalue weighted by Gasteiger charge is -2.08. The lowest BCUT2D eigenvalue weighted by molar-refractivity contribution is 0.0692. The second-order valence-corrected chi connectivity index (χ2v) is 4.10. The number of carboxylic acid groups (broad SMARTS) is 1. The third-order valence-electron chi connectivity index (χ3n) is 2.68. The Morgan fingerprint density at radius 3 is 2.35 bits per heavy atom. The average Bonchev–Trinajstić information content (AvgIpc) is 2.40. The van der Waals surface area contributed by atoms with Crippen molar-refractivity contribution in [2.75, 3.05) is 5.32 Å². The van der Waals surface area contributed by atoms with E-state index in [1.54, 1.807) is 0 Å². The standard InChI is InChI=1S/C14H10F3NO2/c15-11-4-1-8(5-13(11)17)7-18-9-2-3-10(14(19)20)12(16)6-9/h1-6,18H,7H2,(H,19,20). The third kappa shape index (κ3) is 3.09. The Balaban J connectivity index is 2.09. The number of anilines is 1. The molecule has 2 rings (SSSR count). The molecule has 0 atom stereocenters. The lowest BCUT2D eigenvalue weighted by Crippen LogP contribution is -2.04. The van der Waals surface area contributed by atoms with Gasteiger partial charge in [0, 0.05) is 12.2 Å². The maximum absolute atomic E-state index is 13.4. The van der Waals surface area contributed by atoms with E-state index in [-0.39, 0.29) is 6.54 Å². The molecule has 0 aliphatic heterocycles. The number of rotatable bonds is 4. The molecular weight excluding hydrogens is 271 g/mol. The molecule has 3 nitrogen and oxygen atoms in total. The van der Waals surface area contributed by atoms with Crippen LogP contribution in [0, 0.1) is 17.5 Å². The third-order valence-corrected chi connectivity index (χ3v) is 2.68. The van der Waals surface area contributed by atoms with Gasteiger partial charge >= 0.3 is 5.97 Å². The predicted octanol–water partition coefficient (Wildman–Crippen LogP) is 3.41. The molecule has 0 fully saturated rings. The van der Waals surface area contributed by atoms with Crippen LogP contribution in [-0.4, -0.2) is 11.1 Å². The summed E-state index contributed by atoms with van der Waals surface area (Å²) in [5, 5.41) is 11.5. The summed E-state index contributed by atoms with van der Waals surface area (Å²) in [6.07, 6.45) is 0. The van der Waals surface area contributed by atoms with Gasteiger partial charge in [-0.15, -0.1) is 0 Å². The van der Waals surface area contributed by atoms with Crippen LogP contribution in [0.5, 0.6) is 0 Å². The van der Waals surface area contributed by atoms with Crippen LogP contribution in [0.15, 0.2) is 36.4 Å². The molecule has 0 heterocycles. The van der Waals surface area contributed by atoms with Gasteiger partial charge in [0.15, 0.2) is 11.6 Å². The number of aromatic carboxylic acids is 1. The van der Waals surface area contributed by atoms with Crippen molar-refractivity contribution >= 4 is 11.7 Å². The van der Waals surface area contributed by atoms with E-state index in [0.717, 1.165) is 24.3 Å². The maximum Gasteiger partial charge on any atom is 0.338 e. The molecule has 0 radical (unpaired) electrons. The Hall–Kier alpha value is -2.50. The van der Waals surface area contributed by atoms with Gasteiger partial charge in [0.25, 0.3) is 0 Å². The number of carboxylic acids is 1. The molecule has 0 spiro atoms. The van der Waals surface area contributed by atoms with Crippen molar-refractivity contribution in [2.45, 2.75) is 6.54 Å². The number of hydrogen-bond acceptors (Lipinski definition) is 2. The van der Waals surface area contributed by atoms with Crippen LogP contribution >= 0.6 is 0 Å². The molecule has 20 heavy (non-hydrogen) atoms. The molecular formula is C14H10F3NO2. The topological polar surface area (TPSA) is 49.3 Å². The van der Waals surface area contributed by atoms with Gasteiger partial charge in [-0.25, -0.2) is 18.0 Å². The van der Waals surface area contributed by atoms with Crippen LogP contribution in [0.25, 0.3) is 0 Å². The second kappa shape index (κ2) is 5.64. The fraction of sp³-hybridized carbons (Fsp3) is 0.0714. The summed E-state index contributed by atoms with van der Waals surface area (Å²) < 4.78 is 39.1. The molecule has 104 valence electrons. The average molecular weight is 281 g/mol. The molecule has 2 aromatic rings. The van der Waals surface area contributed by atoms with Crippen LogP contribution in [0.3, 0.4) is 0 Å². The van der Waals surface area contributed by atoms with Gasteiger partial charge in [-0.3, -0.25) is 0 Å². The van der Waals surface area contributed by atoms with Gasteiger partial charge in [-0.2, -0.15) is 0 Å². The molecule has 0 saturated carbocycles. The Kier molecular flexibility index (Phi) is 3.93. The fourth-order valence-electron chi connectivity index (χ4n) is 1.65. The molecule has 0 amide bonds. The Morgan fingerprint density at radius 2 is 1.75 bits per heavy atom. The first-order valence-corrected chi connectivity index (χ1v) is 5.68. The molecule has 0 saturated heterocycles. The van der Waals surface area contributed by atoms with Crippen molar-refractivity contribution in [3.05, 3.63) is 65.0 Å². The summed E-state index contributed by atoms with van der Waals surface area (Å²) in [6.45, 7) is 0.156. The normalized spacial score (nSPS) is 10.3. The highest BCUT2D eigenvalue weighted by Gasteiger charge is 2.10. The highest BCUT2D eigenvalue weighted by molar-refractivity contribution is 5.88. The number of nitrogens with one attached hydrogen (secondary N) is 1. The van der Waals surface area contributed by atoms with Gasteiger partial charge in [0.05, 0.1) is 5.56 Å². The maximum atomic E-state index is 13.4. The summed E-state index contributed by atoms with van der Waals surface area (Å²) in [5.41, 5.74) is 0.396. The molecule has 0 aliphatic carbocycles. The minimum atomic E-state index is -1.35. The summed E-state index contributed by atoms with van der Waals surface area (Å²) in [7, 11) is 0. The van der Waals surface area contributed by atoms with E-state index in [1.165, 1.54) is 12.1 Å². The number of benzene rings is 2. The van der Waals surface area contributed by atoms with Crippen LogP contribution in [0.2, 0.25) is 0 Å². The number of carbonyl (C=O) groups is 1. The summed E-state index contributed by atoms with van der Waals surface area (Å²) in [6, 6.07) is 6.99. The van der Waals surface area contributed by atoms with Crippen molar-refractivity contribution in [3.63, 3.8) is 0 Å². The summed E-state index contributed by atoms with van der Waals surface area (Å²) >= 11 is 0. The van der Waals surface area contributed by atoms with Crippen molar-refractivity contribution in [1.82, 2.24) is 0 Å². The van der Waals surface area contributed by atoms with Crippen molar-refractivity contribution in [1.29, 1.82) is 0 Å². The summed E-state index contributed by atoms with van der Waals surface area (Å²) in [5.74, 6) is -4.12. The van der Waals surface area contributed by atoms with Gasteiger partial charge in [0.1, 0.15) is 5.82 Å². The molecule has 6 heteroatoms. The second-order valence-electron chi connectivity index (χ2n) is 4.10. The fourth-order valence-corrected chi connectivity index (χ4v) is 1.65. The molecule has 0 unspecified atom stereocenters. The minimum Gasteiger partial charge on any atom is -0.478 e. The Labute approximate surface area is 112 Å². The van der Waals surface area contributed by atoms with Gasteiger partial charge in [-0.1, -0.05) is 6.07 Å². The van der Waals surface area contributed by atoms with Gasteiger partial charge in [0.2, 0.25) is 0 Å².